The van der Waals surface area contributed by atoms with E-state index in [9.17, 15) is 9.59 Å². The first-order valence-corrected chi connectivity index (χ1v) is 5.33. The van der Waals surface area contributed by atoms with Gasteiger partial charge >= 0.3 is 5.97 Å². The van der Waals surface area contributed by atoms with Gasteiger partial charge in [0, 0.05) is 6.42 Å². The Morgan fingerprint density at radius 3 is 2.41 bits per heavy atom. The van der Waals surface area contributed by atoms with Crippen LogP contribution in [0.5, 0.6) is 0 Å². The van der Waals surface area contributed by atoms with Gasteiger partial charge in [-0.2, -0.15) is 0 Å². The fourth-order valence-electron chi connectivity index (χ4n) is 1.35. The predicted molar refractivity (Wildman–Crippen MR) is 63.4 cm³/mol. The third-order valence-corrected chi connectivity index (χ3v) is 2.31. The van der Waals surface area contributed by atoms with Crippen LogP contribution in [-0.2, 0) is 16.0 Å². The van der Waals surface area contributed by atoms with Crippen molar-refractivity contribution in [2.45, 2.75) is 25.4 Å². The number of nitrogens with one attached hydrogen (secondary N) is 1. The van der Waals surface area contributed by atoms with Crippen LogP contribution in [0.2, 0.25) is 0 Å². The molecule has 1 amide bonds. The molecule has 0 aliphatic rings. The lowest BCUT2D eigenvalue weighted by atomic mass is 10.1. The molecule has 0 fully saturated rings. The first kappa shape index (κ1) is 13.2. The van der Waals surface area contributed by atoms with E-state index in [1.54, 1.807) is 0 Å². The fraction of sp³-hybridized carbons (Fsp3) is 0.333. The van der Waals surface area contributed by atoms with E-state index < -0.39 is 24.0 Å². The van der Waals surface area contributed by atoms with E-state index in [1.807, 2.05) is 30.3 Å². The van der Waals surface area contributed by atoms with E-state index in [-0.39, 0.29) is 6.42 Å². The summed E-state index contributed by atoms with van der Waals surface area (Å²) in [5, 5.41) is 11.4. The molecule has 4 N–H and O–H groups in total. The molecule has 0 aliphatic heterocycles. The van der Waals surface area contributed by atoms with Crippen LogP contribution in [-0.4, -0.2) is 29.1 Å². The number of aliphatic carboxylic acids is 1. The SMILES string of the molecule is C[C@H](N)C(=O)N[C@H](Cc1ccccc1)C(=O)O. The molecule has 0 aliphatic carbocycles. The summed E-state index contributed by atoms with van der Waals surface area (Å²) in [5.74, 6) is -1.53. The third kappa shape index (κ3) is 4.24. The Bertz CT molecular complexity index is 390. The van der Waals surface area contributed by atoms with Crippen molar-refractivity contribution in [3.05, 3.63) is 35.9 Å². The minimum atomic E-state index is -1.07. The Labute approximate surface area is 99.6 Å². The van der Waals surface area contributed by atoms with Crippen LogP contribution in [0.15, 0.2) is 30.3 Å². The Balaban J connectivity index is 2.68. The van der Waals surface area contributed by atoms with Crippen molar-refractivity contribution < 1.29 is 14.7 Å². The summed E-state index contributed by atoms with van der Waals surface area (Å²) < 4.78 is 0. The van der Waals surface area contributed by atoms with Gasteiger partial charge in [0.25, 0.3) is 0 Å². The van der Waals surface area contributed by atoms with Crippen molar-refractivity contribution in [2.24, 2.45) is 5.73 Å². The van der Waals surface area contributed by atoms with Crippen LogP contribution in [0.4, 0.5) is 0 Å². The van der Waals surface area contributed by atoms with Crippen molar-refractivity contribution in [1.82, 2.24) is 5.32 Å². The molecule has 0 saturated heterocycles. The molecule has 1 aromatic carbocycles. The van der Waals surface area contributed by atoms with Gasteiger partial charge in [-0.25, -0.2) is 4.79 Å². The molecule has 0 radical (unpaired) electrons. The predicted octanol–water partition coefficient (Wildman–Crippen LogP) is 0.146. The molecular formula is C12H16N2O3. The number of hydrogen-bond donors (Lipinski definition) is 3. The molecular weight excluding hydrogens is 220 g/mol. The molecule has 0 aromatic heterocycles. The summed E-state index contributed by atoms with van der Waals surface area (Å²) in [6.07, 6.45) is 0.245. The summed E-state index contributed by atoms with van der Waals surface area (Å²) >= 11 is 0. The van der Waals surface area contributed by atoms with Gasteiger partial charge in [-0.1, -0.05) is 30.3 Å². The molecule has 17 heavy (non-hydrogen) atoms. The highest BCUT2D eigenvalue weighted by Crippen LogP contribution is 2.03. The first-order valence-electron chi connectivity index (χ1n) is 5.33. The maximum Gasteiger partial charge on any atom is 0.326 e. The fourth-order valence-corrected chi connectivity index (χ4v) is 1.35. The summed E-state index contributed by atoms with van der Waals surface area (Å²) in [4.78, 5) is 22.4. The minimum absolute atomic E-state index is 0.245. The van der Waals surface area contributed by atoms with Gasteiger partial charge in [0.15, 0.2) is 0 Å². The largest absolute Gasteiger partial charge is 0.480 e. The second-order valence-electron chi connectivity index (χ2n) is 3.88. The Kier molecular flexibility index (Phi) is 4.66. The lowest BCUT2D eigenvalue weighted by Gasteiger charge is -2.16. The second-order valence-corrected chi connectivity index (χ2v) is 3.88. The van der Waals surface area contributed by atoms with E-state index >= 15 is 0 Å². The molecule has 0 unspecified atom stereocenters. The Morgan fingerprint density at radius 1 is 1.35 bits per heavy atom. The summed E-state index contributed by atoms with van der Waals surface area (Å²) in [5.41, 5.74) is 6.22. The molecule has 92 valence electrons. The van der Waals surface area contributed by atoms with Crippen molar-refractivity contribution >= 4 is 11.9 Å². The molecule has 0 saturated carbocycles. The van der Waals surface area contributed by atoms with Crippen LogP contribution in [0.25, 0.3) is 0 Å². The maximum atomic E-state index is 11.3. The number of rotatable bonds is 5. The van der Waals surface area contributed by atoms with Gasteiger partial charge in [0.2, 0.25) is 5.91 Å². The number of amides is 1. The lowest BCUT2D eigenvalue weighted by Crippen LogP contribution is -2.48. The zero-order valence-corrected chi connectivity index (χ0v) is 9.59. The highest BCUT2D eigenvalue weighted by atomic mass is 16.4. The van der Waals surface area contributed by atoms with Crippen molar-refractivity contribution in [1.29, 1.82) is 0 Å². The number of carbonyl (C=O) groups excluding carboxylic acids is 1. The van der Waals surface area contributed by atoms with Gasteiger partial charge in [0.05, 0.1) is 6.04 Å². The Morgan fingerprint density at radius 2 is 1.94 bits per heavy atom. The summed E-state index contributed by atoms with van der Waals surface area (Å²) in [7, 11) is 0. The van der Waals surface area contributed by atoms with Crippen molar-refractivity contribution in [3.63, 3.8) is 0 Å². The topological polar surface area (TPSA) is 92.4 Å². The number of carbonyl (C=O) groups is 2. The van der Waals surface area contributed by atoms with Gasteiger partial charge in [0.1, 0.15) is 6.04 Å². The smallest absolute Gasteiger partial charge is 0.326 e. The molecule has 0 heterocycles. The van der Waals surface area contributed by atoms with Crippen molar-refractivity contribution in [2.75, 3.05) is 0 Å². The number of nitrogens with two attached hydrogens (primary N) is 1. The van der Waals surface area contributed by atoms with E-state index in [1.165, 1.54) is 6.92 Å². The number of carboxylic acids is 1. The summed E-state index contributed by atoms with van der Waals surface area (Å²) in [6.45, 7) is 1.51. The highest BCUT2D eigenvalue weighted by molar-refractivity contribution is 5.86. The maximum absolute atomic E-state index is 11.3. The summed E-state index contributed by atoms with van der Waals surface area (Å²) in [6, 6.07) is 7.45. The number of carboxylic acid groups (broad SMARTS) is 1. The average Bonchev–Trinajstić information content (AvgIpc) is 2.29. The molecule has 2 atom stereocenters. The van der Waals surface area contributed by atoms with Crippen LogP contribution in [0.1, 0.15) is 12.5 Å². The normalized spacial score (nSPS) is 13.8. The van der Waals surface area contributed by atoms with Crippen LogP contribution < -0.4 is 11.1 Å². The molecule has 1 aromatic rings. The van der Waals surface area contributed by atoms with Gasteiger partial charge in [-0.05, 0) is 12.5 Å². The Hall–Kier alpha value is -1.88. The number of hydrogen-bond acceptors (Lipinski definition) is 3. The average molecular weight is 236 g/mol. The minimum Gasteiger partial charge on any atom is -0.480 e. The van der Waals surface area contributed by atoms with Crippen LogP contribution >= 0.6 is 0 Å². The standard InChI is InChI=1S/C12H16N2O3/c1-8(13)11(15)14-10(12(16)17)7-9-5-3-2-4-6-9/h2-6,8,10H,7,13H2,1H3,(H,14,15)(H,16,17)/t8-,10+/m0/s1. The van der Waals surface area contributed by atoms with E-state index in [2.05, 4.69) is 5.32 Å². The zero-order chi connectivity index (χ0) is 12.8. The van der Waals surface area contributed by atoms with Crippen molar-refractivity contribution in [3.8, 4) is 0 Å². The first-order chi connectivity index (χ1) is 8.00. The molecule has 0 bridgehead atoms. The monoisotopic (exact) mass is 236 g/mol. The second kappa shape index (κ2) is 6.00. The van der Waals surface area contributed by atoms with E-state index in [4.69, 9.17) is 10.8 Å². The van der Waals surface area contributed by atoms with Gasteiger partial charge in [-0.15, -0.1) is 0 Å². The molecule has 5 heteroatoms. The molecule has 1 rings (SSSR count). The van der Waals surface area contributed by atoms with E-state index in [0.717, 1.165) is 5.56 Å². The number of benzene rings is 1. The quantitative estimate of drug-likeness (QED) is 0.678. The third-order valence-electron chi connectivity index (χ3n) is 2.31. The highest BCUT2D eigenvalue weighted by Gasteiger charge is 2.21. The van der Waals surface area contributed by atoms with E-state index in [0.29, 0.717) is 0 Å². The van der Waals surface area contributed by atoms with Crippen LogP contribution in [0, 0.1) is 0 Å². The van der Waals surface area contributed by atoms with Gasteiger partial charge < -0.3 is 16.2 Å². The zero-order valence-electron chi connectivity index (χ0n) is 9.59. The lowest BCUT2D eigenvalue weighted by molar-refractivity contribution is -0.141. The molecule has 5 nitrogen and oxygen atoms in total. The van der Waals surface area contributed by atoms with Crippen LogP contribution in [0.3, 0.4) is 0 Å². The van der Waals surface area contributed by atoms with Gasteiger partial charge in [-0.3, -0.25) is 4.79 Å². The molecule has 0 spiro atoms.